The van der Waals surface area contributed by atoms with Gasteiger partial charge in [0, 0.05) is 0 Å². The highest BCUT2D eigenvalue weighted by Crippen LogP contribution is 2.52. The molecule has 0 unspecified atom stereocenters. The first-order chi connectivity index (χ1) is 9.12. The summed E-state index contributed by atoms with van der Waals surface area (Å²) >= 11 is 0. The van der Waals surface area contributed by atoms with Gasteiger partial charge in [-0.15, -0.1) is 0 Å². The molecule has 2 N–H and O–H groups in total. The number of aryl methyl sites for hydroxylation is 1. The van der Waals surface area contributed by atoms with Crippen LogP contribution < -0.4 is 0 Å². The predicted octanol–water partition coefficient (Wildman–Crippen LogP) is 2.69. The highest BCUT2D eigenvalue weighted by atomic mass is 32.2. The van der Waals surface area contributed by atoms with Crippen LogP contribution >= 0.6 is 7.94 Å². The molecule has 20 heavy (non-hydrogen) atoms. The van der Waals surface area contributed by atoms with Gasteiger partial charge in [0.05, 0.1) is 18.1 Å². The van der Waals surface area contributed by atoms with E-state index in [-0.39, 0.29) is 4.90 Å². The summed E-state index contributed by atoms with van der Waals surface area (Å²) in [6.45, 7) is 8.08. The van der Waals surface area contributed by atoms with Crippen LogP contribution in [-0.2, 0) is 19.2 Å². The van der Waals surface area contributed by atoms with Gasteiger partial charge in [-0.3, -0.25) is 4.55 Å². The average molecular weight is 325 g/mol. The molecule has 0 radical (unpaired) electrons. The lowest BCUT2D eigenvalue weighted by atomic mass is 10.2. The van der Waals surface area contributed by atoms with E-state index in [0.29, 0.717) is 13.2 Å². The minimum atomic E-state index is -4.02. The smallest absolute Gasteiger partial charge is 0.282 e. The molecule has 0 atom stereocenters. The molecule has 0 aliphatic heterocycles. The Kier molecular flexibility index (Phi) is 8.42. The van der Waals surface area contributed by atoms with Crippen LogP contribution in [0.25, 0.3) is 0 Å². The van der Waals surface area contributed by atoms with Gasteiger partial charge in [-0.1, -0.05) is 17.7 Å². The van der Waals surface area contributed by atoms with E-state index in [1.807, 2.05) is 20.8 Å². The average Bonchev–Trinajstić information content (AvgIpc) is 2.28. The zero-order chi connectivity index (χ0) is 15.8. The molecule has 6 nitrogen and oxygen atoms in total. The van der Waals surface area contributed by atoms with Crippen molar-refractivity contribution in [2.75, 3.05) is 19.9 Å². The SMILES string of the molecule is CCO[P+](C)(O)OCC.Cc1ccc(S(=O)(=O)O)cc1. The zero-order valence-corrected chi connectivity index (χ0v) is 13.8. The van der Waals surface area contributed by atoms with Gasteiger partial charge in [0.25, 0.3) is 10.1 Å². The van der Waals surface area contributed by atoms with E-state index in [9.17, 15) is 13.3 Å². The molecule has 0 spiro atoms. The third-order valence-corrected chi connectivity index (χ3v) is 4.40. The third-order valence-electron chi connectivity index (χ3n) is 2.06. The van der Waals surface area contributed by atoms with Crippen molar-refractivity contribution in [3.63, 3.8) is 0 Å². The van der Waals surface area contributed by atoms with E-state index in [4.69, 9.17) is 13.6 Å². The van der Waals surface area contributed by atoms with Gasteiger partial charge < -0.3 is 0 Å². The monoisotopic (exact) mass is 325 g/mol. The first-order valence-electron chi connectivity index (χ1n) is 6.05. The largest absolute Gasteiger partial charge is 0.405 e. The van der Waals surface area contributed by atoms with Gasteiger partial charge in [0.2, 0.25) is 0 Å². The lowest BCUT2D eigenvalue weighted by molar-refractivity contribution is 0.195. The maximum Gasteiger partial charge on any atom is 0.405 e. The summed E-state index contributed by atoms with van der Waals surface area (Å²) in [4.78, 5) is 9.11. The van der Waals surface area contributed by atoms with Crippen LogP contribution in [0.15, 0.2) is 29.2 Å². The standard InChI is InChI=1S/C7H8O3S.C5H14O3P/c1-6-2-4-7(5-3-6)11(8,9)10;1-4-7-9(3,6)8-5-2/h2-5H,1H3,(H,8,9,10);6H,4-5H2,1-3H3/q;+1. The number of hydrogen-bond donors (Lipinski definition) is 2. The predicted molar refractivity (Wildman–Crippen MR) is 79.3 cm³/mol. The summed E-state index contributed by atoms with van der Waals surface area (Å²) in [5.41, 5.74) is 0.956. The van der Waals surface area contributed by atoms with Gasteiger partial charge in [-0.2, -0.15) is 22.4 Å². The van der Waals surface area contributed by atoms with E-state index in [2.05, 4.69) is 0 Å². The van der Waals surface area contributed by atoms with Crippen molar-refractivity contribution in [2.24, 2.45) is 0 Å². The zero-order valence-electron chi connectivity index (χ0n) is 12.1. The molecule has 1 aromatic rings. The Morgan fingerprint density at radius 1 is 1.10 bits per heavy atom. The minimum absolute atomic E-state index is 0.0666. The summed E-state index contributed by atoms with van der Waals surface area (Å²) in [6, 6.07) is 5.99. The Hall–Kier alpha value is -0.560. The summed E-state index contributed by atoms with van der Waals surface area (Å²) in [5.74, 6) is 0. The van der Waals surface area contributed by atoms with Crippen molar-refractivity contribution < 1.29 is 26.9 Å². The second kappa shape index (κ2) is 8.67. The lowest BCUT2D eigenvalue weighted by Gasteiger charge is -2.09. The van der Waals surface area contributed by atoms with E-state index >= 15 is 0 Å². The van der Waals surface area contributed by atoms with Crippen LogP contribution in [-0.4, -0.2) is 37.7 Å². The van der Waals surface area contributed by atoms with Gasteiger partial charge in [0.1, 0.15) is 6.66 Å². The van der Waals surface area contributed by atoms with Crippen LogP contribution in [0.2, 0.25) is 0 Å². The van der Waals surface area contributed by atoms with Crippen molar-refractivity contribution in [2.45, 2.75) is 25.7 Å². The topological polar surface area (TPSA) is 93.1 Å². The van der Waals surface area contributed by atoms with Gasteiger partial charge in [0.15, 0.2) is 0 Å². The molecule has 0 heterocycles. The van der Waals surface area contributed by atoms with Crippen molar-refractivity contribution >= 4 is 18.1 Å². The molecule has 0 fully saturated rings. The summed E-state index contributed by atoms with van der Waals surface area (Å²) in [6.07, 6.45) is 0. The van der Waals surface area contributed by atoms with Gasteiger partial charge in [-0.05, 0) is 32.9 Å². The molecule has 0 aromatic heterocycles. The fourth-order valence-corrected chi connectivity index (χ4v) is 2.74. The van der Waals surface area contributed by atoms with Gasteiger partial charge in [-0.25, -0.2) is 0 Å². The van der Waals surface area contributed by atoms with E-state index in [0.717, 1.165) is 5.56 Å². The summed E-state index contributed by atoms with van der Waals surface area (Å²) in [5, 5.41) is 0. The first kappa shape index (κ1) is 19.4. The normalized spacial score (nSPS) is 11.7. The molecular weight excluding hydrogens is 303 g/mol. The van der Waals surface area contributed by atoms with Crippen LogP contribution in [0.3, 0.4) is 0 Å². The highest BCUT2D eigenvalue weighted by molar-refractivity contribution is 7.85. The fourth-order valence-electron chi connectivity index (χ4n) is 1.23. The van der Waals surface area contributed by atoms with Crippen molar-refractivity contribution in [3.05, 3.63) is 29.8 Å². The molecule has 0 bridgehead atoms. The van der Waals surface area contributed by atoms with Gasteiger partial charge >= 0.3 is 7.94 Å². The summed E-state index contributed by atoms with van der Waals surface area (Å²) < 4.78 is 39.4. The van der Waals surface area contributed by atoms with Crippen molar-refractivity contribution in [3.8, 4) is 0 Å². The van der Waals surface area contributed by atoms with Crippen molar-refractivity contribution in [1.29, 1.82) is 0 Å². The number of hydrogen-bond acceptors (Lipinski definition) is 5. The molecule has 116 valence electrons. The molecule has 0 saturated carbocycles. The Morgan fingerprint density at radius 2 is 1.50 bits per heavy atom. The molecule has 0 aliphatic carbocycles. The highest BCUT2D eigenvalue weighted by Gasteiger charge is 2.31. The van der Waals surface area contributed by atoms with E-state index in [1.165, 1.54) is 12.1 Å². The van der Waals surface area contributed by atoms with E-state index < -0.39 is 18.1 Å². The molecule has 0 saturated heterocycles. The van der Waals surface area contributed by atoms with Crippen LogP contribution in [0.4, 0.5) is 0 Å². The number of benzene rings is 1. The molecule has 0 aliphatic rings. The molecule has 8 heteroatoms. The van der Waals surface area contributed by atoms with Crippen molar-refractivity contribution in [1.82, 2.24) is 0 Å². The second-order valence-electron chi connectivity index (χ2n) is 3.93. The molecule has 1 aromatic carbocycles. The van der Waals surface area contributed by atoms with E-state index in [1.54, 1.807) is 18.8 Å². The van der Waals surface area contributed by atoms with Crippen LogP contribution in [0, 0.1) is 6.92 Å². The van der Waals surface area contributed by atoms with Crippen LogP contribution in [0.1, 0.15) is 19.4 Å². The fraction of sp³-hybridized carbons (Fsp3) is 0.500. The Balaban J connectivity index is 0.000000370. The second-order valence-corrected chi connectivity index (χ2v) is 7.47. The molecule has 0 amide bonds. The third kappa shape index (κ3) is 8.58. The maximum atomic E-state index is 10.5. The Labute approximate surface area is 121 Å². The molecular formula is C12H22O6PS+. The Bertz CT molecular complexity index is 475. The summed E-state index contributed by atoms with van der Waals surface area (Å²) in [7, 11) is -6.46. The van der Waals surface area contributed by atoms with Crippen LogP contribution in [0.5, 0.6) is 0 Å². The lowest BCUT2D eigenvalue weighted by Crippen LogP contribution is -1.99. The Morgan fingerprint density at radius 3 is 1.80 bits per heavy atom. The quantitative estimate of drug-likeness (QED) is 0.638. The molecule has 1 rings (SSSR count). The minimum Gasteiger partial charge on any atom is -0.282 e. The first-order valence-corrected chi connectivity index (χ1v) is 9.51. The maximum absolute atomic E-state index is 10.5. The number of rotatable bonds is 5.